The zero-order valence-corrected chi connectivity index (χ0v) is 10.5. The molecular weight excluding hydrogens is 220 g/mol. The summed E-state index contributed by atoms with van der Waals surface area (Å²) in [4.78, 5) is 4.19. The molecule has 0 radical (unpaired) electrons. The Morgan fingerprint density at radius 2 is 2.25 bits per heavy atom. The van der Waals surface area contributed by atoms with E-state index in [1.54, 1.807) is 0 Å². The first kappa shape index (κ1) is 13.2. The summed E-state index contributed by atoms with van der Waals surface area (Å²) in [5.74, 6) is 0. The van der Waals surface area contributed by atoms with Crippen LogP contribution >= 0.6 is 11.3 Å². The van der Waals surface area contributed by atoms with E-state index < -0.39 is 0 Å². The summed E-state index contributed by atoms with van der Waals surface area (Å²) in [5.41, 5.74) is 0. The van der Waals surface area contributed by atoms with Crippen LogP contribution in [0.1, 0.15) is 29.5 Å². The molecule has 0 aromatic carbocycles. The van der Waals surface area contributed by atoms with Gasteiger partial charge in [0.1, 0.15) is 10.9 Å². The number of thiophene rings is 1. The smallest absolute Gasteiger partial charge is 0.110 e. The summed E-state index contributed by atoms with van der Waals surface area (Å²) in [5, 5.41) is 17.7. The first-order chi connectivity index (χ1) is 7.80. The lowest BCUT2D eigenvalue weighted by Crippen LogP contribution is -2.27. The number of aliphatic hydroxyl groups excluding tert-OH is 1. The van der Waals surface area contributed by atoms with Gasteiger partial charge in [-0.15, -0.1) is 11.3 Å². The van der Waals surface area contributed by atoms with Crippen molar-refractivity contribution < 1.29 is 5.11 Å². The van der Waals surface area contributed by atoms with Crippen LogP contribution in [-0.2, 0) is 6.54 Å². The highest BCUT2D eigenvalue weighted by Gasteiger charge is 2.07. The second kappa shape index (κ2) is 7.39. The summed E-state index contributed by atoms with van der Waals surface area (Å²) >= 11 is 1.54. The van der Waals surface area contributed by atoms with Crippen LogP contribution in [0.3, 0.4) is 0 Å². The normalized spacial score (nSPS) is 10.6. The molecule has 0 atom stereocenters. The molecule has 16 heavy (non-hydrogen) atoms. The Balaban J connectivity index is 2.50. The molecule has 0 aliphatic heterocycles. The molecule has 1 rings (SSSR count). The molecule has 3 nitrogen and oxygen atoms in total. The molecule has 0 spiro atoms. The van der Waals surface area contributed by atoms with E-state index >= 15 is 0 Å². The lowest BCUT2D eigenvalue weighted by Gasteiger charge is -2.19. The fraction of sp³-hybridized carbons (Fsp3) is 0.583. The van der Waals surface area contributed by atoms with Crippen LogP contribution in [0.5, 0.6) is 0 Å². The van der Waals surface area contributed by atoms with Gasteiger partial charge in [-0.05, 0) is 25.1 Å². The van der Waals surface area contributed by atoms with Gasteiger partial charge in [0, 0.05) is 18.0 Å². The fourth-order valence-corrected chi connectivity index (χ4v) is 2.38. The van der Waals surface area contributed by atoms with Crippen molar-refractivity contribution in [2.45, 2.75) is 26.3 Å². The number of aliphatic hydroxyl groups is 1. The van der Waals surface area contributed by atoms with E-state index in [1.807, 2.05) is 12.1 Å². The predicted octanol–water partition coefficient (Wildman–Crippen LogP) is 2.21. The fourth-order valence-electron chi connectivity index (χ4n) is 1.54. The van der Waals surface area contributed by atoms with Crippen molar-refractivity contribution in [2.24, 2.45) is 0 Å². The Bertz CT molecular complexity index is 343. The van der Waals surface area contributed by atoms with E-state index in [-0.39, 0.29) is 6.61 Å². The SMILES string of the molecule is CCCCN(CCO)Cc1ccc(C#N)s1. The second-order valence-corrected chi connectivity index (χ2v) is 4.90. The molecule has 4 heteroatoms. The molecule has 88 valence electrons. The van der Waals surface area contributed by atoms with Crippen LogP contribution in [0.25, 0.3) is 0 Å². The molecule has 1 aromatic heterocycles. The van der Waals surface area contributed by atoms with Crippen LogP contribution in [0.2, 0.25) is 0 Å². The number of nitriles is 1. The average Bonchev–Trinajstić information content (AvgIpc) is 2.74. The van der Waals surface area contributed by atoms with E-state index in [0.29, 0.717) is 6.54 Å². The van der Waals surface area contributed by atoms with E-state index in [1.165, 1.54) is 16.2 Å². The van der Waals surface area contributed by atoms with E-state index in [2.05, 4.69) is 17.9 Å². The summed E-state index contributed by atoms with van der Waals surface area (Å²) in [7, 11) is 0. The van der Waals surface area contributed by atoms with E-state index in [4.69, 9.17) is 10.4 Å². The van der Waals surface area contributed by atoms with Crippen molar-refractivity contribution in [3.05, 3.63) is 21.9 Å². The molecule has 0 fully saturated rings. The quantitative estimate of drug-likeness (QED) is 0.792. The maximum Gasteiger partial charge on any atom is 0.110 e. The minimum Gasteiger partial charge on any atom is -0.395 e. The van der Waals surface area contributed by atoms with Gasteiger partial charge in [-0.2, -0.15) is 5.26 Å². The van der Waals surface area contributed by atoms with Gasteiger partial charge in [0.15, 0.2) is 0 Å². The van der Waals surface area contributed by atoms with Crippen molar-refractivity contribution in [1.82, 2.24) is 4.90 Å². The maximum atomic E-state index is 8.97. The second-order valence-electron chi connectivity index (χ2n) is 3.73. The maximum absolute atomic E-state index is 8.97. The Morgan fingerprint density at radius 3 is 2.81 bits per heavy atom. The molecule has 1 N–H and O–H groups in total. The third-order valence-corrected chi connectivity index (χ3v) is 3.37. The number of unbranched alkanes of at least 4 members (excludes halogenated alkanes) is 1. The van der Waals surface area contributed by atoms with Crippen LogP contribution in [-0.4, -0.2) is 29.7 Å². The first-order valence-corrected chi connectivity index (χ1v) is 6.43. The van der Waals surface area contributed by atoms with Crippen molar-refractivity contribution in [1.29, 1.82) is 5.26 Å². The van der Waals surface area contributed by atoms with E-state index in [9.17, 15) is 0 Å². The molecule has 0 aliphatic rings. The molecule has 1 heterocycles. The van der Waals surface area contributed by atoms with E-state index in [0.717, 1.165) is 30.8 Å². The largest absolute Gasteiger partial charge is 0.395 e. The van der Waals surface area contributed by atoms with Crippen LogP contribution in [0.4, 0.5) is 0 Å². The van der Waals surface area contributed by atoms with Crippen molar-refractivity contribution in [2.75, 3.05) is 19.7 Å². The molecule has 0 bridgehead atoms. The highest BCUT2D eigenvalue weighted by atomic mass is 32.1. The summed E-state index contributed by atoms with van der Waals surface area (Å²) in [6, 6.07) is 6.00. The number of hydrogen-bond acceptors (Lipinski definition) is 4. The van der Waals surface area contributed by atoms with Crippen molar-refractivity contribution in [3.63, 3.8) is 0 Å². The molecule has 0 saturated carbocycles. The Kier molecular flexibility index (Phi) is 6.09. The lowest BCUT2D eigenvalue weighted by molar-refractivity contribution is 0.189. The van der Waals surface area contributed by atoms with Gasteiger partial charge in [0.2, 0.25) is 0 Å². The number of nitrogens with zero attached hydrogens (tertiary/aromatic N) is 2. The first-order valence-electron chi connectivity index (χ1n) is 5.62. The van der Waals surface area contributed by atoms with Gasteiger partial charge in [-0.1, -0.05) is 13.3 Å². The average molecular weight is 238 g/mol. The van der Waals surface area contributed by atoms with Crippen molar-refractivity contribution in [3.8, 4) is 6.07 Å². The molecule has 0 aliphatic carbocycles. The molecule has 0 amide bonds. The topological polar surface area (TPSA) is 47.3 Å². The zero-order valence-electron chi connectivity index (χ0n) is 9.65. The third kappa shape index (κ3) is 4.31. The summed E-state index contributed by atoms with van der Waals surface area (Å²) in [6.07, 6.45) is 2.31. The lowest BCUT2D eigenvalue weighted by atomic mass is 10.3. The zero-order chi connectivity index (χ0) is 11.8. The van der Waals surface area contributed by atoms with Gasteiger partial charge < -0.3 is 5.11 Å². The molecule has 0 unspecified atom stereocenters. The summed E-state index contributed by atoms with van der Waals surface area (Å²) in [6.45, 7) is 4.92. The molecule has 1 aromatic rings. The van der Waals surface area contributed by atoms with Gasteiger partial charge in [0.25, 0.3) is 0 Å². The van der Waals surface area contributed by atoms with Crippen LogP contribution < -0.4 is 0 Å². The molecular formula is C12H18N2OS. The van der Waals surface area contributed by atoms with Crippen LogP contribution in [0.15, 0.2) is 12.1 Å². The van der Waals surface area contributed by atoms with Crippen molar-refractivity contribution >= 4 is 11.3 Å². The molecule has 0 saturated heterocycles. The summed E-state index contributed by atoms with van der Waals surface area (Å²) < 4.78 is 0. The highest BCUT2D eigenvalue weighted by molar-refractivity contribution is 7.12. The Morgan fingerprint density at radius 1 is 1.44 bits per heavy atom. The van der Waals surface area contributed by atoms with Gasteiger partial charge in [-0.25, -0.2) is 0 Å². The third-order valence-electron chi connectivity index (χ3n) is 2.40. The number of rotatable bonds is 7. The standard InChI is InChI=1S/C12H18N2OS/c1-2-3-6-14(7-8-15)10-12-5-4-11(9-13)16-12/h4-5,15H,2-3,6-8,10H2,1H3. The Hall–Kier alpha value is -0.890. The minimum absolute atomic E-state index is 0.195. The van der Waals surface area contributed by atoms with Gasteiger partial charge in [-0.3, -0.25) is 4.90 Å². The van der Waals surface area contributed by atoms with Crippen LogP contribution in [0, 0.1) is 11.3 Å². The Labute approximate surface area is 101 Å². The van der Waals surface area contributed by atoms with Gasteiger partial charge >= 0.3 is 0 Å². The minimum atomic E-state index is 0.195. The van der Waals surface area contributed by atoms with Gasteiger partial charge in [0.05, 0.1) is 6.61 Å². The number of hydrogen-bond donors (Lipinski definition) is 1. The predicted molar refractivity (Wildman–Crippen MR) is 66.3 cm³/mol. The highest BCUT2D eigenvalue weighted by Crippen LogP contribution is 2.17. The monoisotopic (exact) mass is 238 g/mol.